The van der Waals surface area contributed by atoms with Gasteiger partial charge in [0.25, 0.3) is 0 Å². The lowest BCUT2D eigenvalue weighted by molar-refractivity contribution is 0.532. The van der Waals surface area contributed by atoms with Gasteiger partial charge in [-0.2, -0.15) is 0 Å². The summed E-state index contributed by atoms with van der Waals surface area (Å²) < 4.78 is 0. The van der Waals surface area contributed by atoms with E-state index in [0.29, 0.717) is 6.04 Å². The van der Waals surface area contributed by atoms with Gasteiger partial charge in [0.1, 0.15) is 0 Å². The van der Waals surface area contributed by atoms with Gasteiger partial charge in [-0.3, -0.25) is 0 Å². The summed E-state index contributed by atoms with van der Waals surface area (Å²) in [5.41, 5.74) is 6.39. The topological polar surface area (TPSA) is 12.0 Å². The van der Waals surface area contributed by atoms with Crippen LogP contribution in [0.1, 0.15) is 55.2 Å². The summed E-state index contributed by atoms with van der Waals surface area (Å²) in [5, 5.41) is 3.52. The van der Waals surface area contributed by atoms with Crippen LogP contribution in [0.15, 0.2) is 29.8 Å². The van der Waals surface area contributed by atoms with Crippen LogP contribution >= 0.6 is 0 Å². The minimum atomic E-state index is 0.596. The van der Waals surface area contributed by atoms with Gasteiger partial charge in [-0.25, -0.2) is 0 Å². The second-order valence-electron chi connectivity index (χ2n) is 6.46. The molecule has 1 N–H and O–H groups in total. The summed E-state index contributed by atoms with van der Waals surface area (Å²) in [6, 6.07) is 7.77. The molecule has 0 saturated carbocycles. The lowest BCUT2D eigenvalue weighted by atomic mass is 9.91. The summed E-state index contributed by atoms with van der Waals surface area (Å²) in [6.07, 6.45) is 14.2. The molecule has 0 bridgehead atoms. The number of likely N-dealkylation sites (N-methyl/N-ethyl adjacent to an activating group) is 1. The molecule has 1 heteroatoms. The molecule has 1 unspecified atom stereocenters. The molecular weight excluding hydrogens is 242 g/mol. The summed E-state index contributed by atoms with van der Waals surface area (Å²) >= 11 is 0. The molecule has 1 nitrogen and oxygen atoms in total. The minimum Gasteiger partial charge on any atom is -0.316 e. The van der Waals surface area contributed by atoms with Crippen molar-refractivity contribution in [1.29, 1.82) is 0 Å². The zero-order chi connectivity index (χ0) is 13.8. The molecule has 0 amide bonds. The lowest BCUT2D eigenvalue weighted by Gasteiger charge is -2.21. The van der Waals surface area contributed by atoms with Crippen LogP contribution in [0.3, 0.4) is 0 Å². The number of rotatable bonds is 5. The maximum atomic E-state index is 3.52. The van der Waals surface area contributed by atoms with E-state index in [1.807, 2.05) is 0 Å². The lowest BCUT2D eigenvalue weighted by Crippen LogP contribution is -2.28. The number of hydrogen-bond acceptors (Lipinski definition) is 1. The number of nitrogens with one attached hydrogen (secondary N) is 1. The highest BCUT2D eigenvalue weighted by Crippen LogP contribution is 2.25. The van der Waals surface area contributed by atoms with Crippen LogP contribution in [0.4, 0.5) is 0 Å². The van der Waals surface area contributed by atoms with Crippen molar-refractivity contribution in [1.82, 2.24) is 5.32 Å². The van der Waals surface area contributed by atoms with Gasteiger partial charge in [0, 0.05) is 6.04 Å². The quantitative estimate of drug-likeness (QED) is 0.790. The molecule has 3 rings (SSSR count). The fraction of sp³-hybridized carbons (Fsp3) is 0.579. The Morgan fingerprint density at radius 1 is 1.00 bits per heavy atom. The first-order valence-corrected chi connectivity index (χ1v) is 8.31. The fourth-order valence-corrected chi connectivity index (χ4v) is 3.72. The third kappa shape index (κ3) is 3.32. The molecule has 108 valence electrons. The van der Waals surface area contributed by atoms with Crippen molar-refractivity contribution >= 4 is 0 Å². The second kappa shape index (κ2) is 6.58. The van der Waals surface area contributed by atoms with Crippen LogP contribution in [-0.4, -0.2) is 13.1 Å². The van der Waals surface area contributed by atoms with Gasteiger partial charge in [-0.05, 0) is 81.5 Å². The van der Waals surface area contributed by atoms with Crippen molar-refractivity contribution in [3.8, 4) is 0 Å². The first-order valence-electron chi connectivity index (χ1n) is 8.31. The molecule has 1 aromatic rings. The van der Waals surface area contributed by atoms with Crippen LogP contribution in [0.25, 0.3) is 0 Å². The Kier molecular flexibility index (Phi) is 4.57. The van der Waals surface area contributed by atoms with Crippen LogP contribution < -0.4 is 5.32 Å². The maximum absolute atomic E-state index is 3.52. The molecule has 2 aliphatic rings. The Bertz CT molecular complexity index is 487. The average Bonchev–Trinajstić information content (AvgIpc) is 2.95. The predicted octanol–water partition coefficient (Wildman–Crippen LogP) is 4.20. The Morgan fingerprint density at radius 2 is 1.90 bits per heavy atom. The Balaban J connectivity index is 1.63. The van der Waals surface area contributed by atoms with Crippen molar-refractivity contribution in [3.05, 3.63) is 46.5 Å². The zero-order valence-corrected chi connectivity index (χ0v) is 12.8. The van der Waals surface area contributed by atoms with E-state index in [2.05, 4.69) is 36.6 Å². The van der Waals surface area contributed by atoms with Gasteiger partial charge >= 0.3 is 0 Å². The summed E-state index contributed by atoms with van der Waals surface area (Å²) in [5.74, 6) is 0. The smallest absolute Gasteiger partial charge is 0.0142 e. The van der Waals surface area contributed by atoms with Crippen LogP contribution in [0.2, 0.25) is 0 Å². The van der Waals surface area contributed by atoms with Gasteiger partial charge in [-0.15, -0.1) is 0 Å². The normalized spacial score (nSPS) is 19.6. The van der Waals surface area contributed by atoms with Crippen LogP contribution in [0.5, 0.6) is 0 Å². The molecule has 20 heavy (non-hydrogen) atoms. The Morgan fingerprint density at radius 3 is 2.70 bits per heavy atom. The van der Waals surface area contributed by atoms with E-state index in [1.54, 1.807) is 16.7 Å². The number of aryl methyl sites for hydroxylation is 2. The molecule has 0 radical (unpaired) electrons. The zero-order valence-electron chi connectivity index (χ0n) is 12.8. The highest BCUT2D eigenvalue weighted by atomic mass is 14.9. The first kappa shape index (κ1) is 13.9. The number of hydrogen-bond donors (Lipinski definition) is 1. The third-order valence-corrected chi connectivity index (χ3v) is 4.95. The van der Waals surface area contributed by atoms with E-state index in [0.717, 1.165) is 0 Å². The predicted molar refractivity (Wildman–Crippen MR) is 86.2 cm³/mol. The van der Waals surface area contributed by atoms with E-state index in [1.165, 1.54) is 63.4 Å². The van der Waals surface area contributed by atoms with Crippen LogP contribution in [-0.2, 0) is 19.3 Å². The molecule has 0 saturated heterocycles. The van der Waals surface area contributed by atoms with Crippen molar-refractivity contribution in [3.63, 3.8) is 0 Å². The molecule has 0 aliphatic heterocycles. The number of fused-ring (bicyclic) bond motifs is 1. The Labute approximate surface area is 123 Å². The molecule has 0 fully saturated rings. The molecule has 2 aliphatic carbocycles. The molecule has 1 atom stereocenters. The van der Waals surface area contributed by atoms with Crippen molar-refractivity contribution in [2.24, 2.45) is 0 Å². The number of allylic oxidation sites excluding steroid dienone is 1. The molecule has 1 aromatic carbocycles. The Hall–Kier alpha value is -1.08. The molecular formula is C19H27N. The van der Waals surface area contributed by atoms with Gasteiger partial charge in [0.15, 0.2) is 0 Å². The third-order valence-electron chi connectivity index (χ3n) is 4.95. The largest absolute Gasteiger partial charge is 0.316 e. The standard InChI is InChI=1S/C19H27N/c1-20-19(13-15-6-3-2-4-7-15)14-16-10-11-17-8-5-9-18(17)12-16/h6,10-12,19-20H,2-5,7-9,13-14H2,1H3. The van der Waals surface area contributed by atoms with Gasteiger partial charge < -0.3 is 5.32 Å². The summed E-state index contributed by atoms with van der Waals surface area (Å²) in [6.45, 7) is 0. The fourth-order valence-electron chi connectivity index (χ4n) is 3.72. The molecule has 0 aromatic heterocycles. The average molecular weight is 269 g/mol. The first-order chi connectivity index (χ1) is 9.85. The van der Waals surface area contributed by atoms with Gasteiger partial charge in [-0.1, -0.05) is 29.8 Å². The van der Waals surface area contributed by atoms with Gasteiger partial charge in [0.05, 0.1) is 0 Å². The van der Waals surface area contributed by atoms with Crippen molar-refractivity contribution in [2.75, 3.05) is 7.05 Å². The van der Waals surface area contributed by atoms with Crippen molar-refractivity contribution in [2.45, 2.75) is 63.8 Å². The SMILES string of the molecule is CNC(CC1=CCCCC1)Cc1ccc2c(c1)CCC2. The second-order valence-corrected chi connectivity index (χ2v) is 6.46. The molecule has 0 spiro atoms. The number of benzene rings is 1. The monoisotopic (exact) mass is 269 g/mol. The van der Waals surface area contributed by atoms with E-state index in [4.69, 9.17) is 0 Å². The van der Waals surface area contributed by atoms with E-state index in [-0.39, 0.29) is 0 Å². The van der Waals surface area contributed by atoms with E-state index < -0.39 is 0 Å². The molecule has 0 heterocycles. The van der Waals surface area contributed by atoms with E-state index >= 15 is 0 Å². The van der Waals surface area contributed by atoms with Crippen molar-refractivity contribution < 1.29 is 0 Å². The highest BCUT2D eigenvalue weighted by molar-refractivity contribution is 5.35. The van der Waals surface area contributed by atoms with Crippen LogP contribution in [0, 0.1) is 0 Å². The minimum absolute atomic E-state index is 0.596. The highest BCUT2D eigenvalue weighted by Gasteiger charge is 2.15. The maximum Gasteiger partial charge on any atom is 0.0142 e. The van der Waals surface area contributed by atoms with E-state index in [9.17, 15) is 0 Å². The summed E-state index contributed by atoms with van der Waals surface area (Å²) in [7, 11) is 2.11. The summed E-state index contributed by atoms with van der Waals surface area (Å²) in [4.78, 5) is 0. The van der Waals surface area contributed by atoms with Gasteiger partial charge in [0.2, 0.25) is 0 Å².